The van der Waals surface area contributed by atoms with Gasteiger partial charge in [-0.25, -0.2) is 4.98 Å². The van der Waals surface area contributed by atoms with Crippen LogP contribution in [0.15, 0.2) is 9.98 Å². The lowest BCUT2D eigenvalue weighted by molar-refractivity contribution is 0.115. The van der Waals surface area contributed by atoms with E-state index in [2.05, 4.69) is 33.2 Å². The molecular weight excluding hydrogens is 288 g/mol. The smallest absolute Gasteiger partial charge is 0.110 e. The van der Waals surface area contributed by atoms with Crippen molar-refractivity contribution in [2.45, 2.75) is 39.3 Å². The fourth-order valence-electron chi connectivity index (χ4n) is 1.34. The summed E-state index contributed by atoms with van der Waals surface area (Å²) in [6.07, 6.45) is 2.39. The van der Waals surface area contributed by atoms with E-state index in [1.807, 2.05) is 20.0 Å². The van der Waals surface area contributed by atoms with Crippen molar-refractivity contribution in [1.82, 2.24) is 10.3 Å². The Labute approximate surface area is 109 Å². The molecule has 1 aromatic heterocycles. The van der Waals surface area contributed by atoms with Gasteiger partial charge < -0.3 is 10.4 Å². The van der Waals surface area contributed by atoms with Crippen molar-refractivity contribution in [3.05, 3.63) is 15.0 Å². The lowest BCUT2D eigenvalue weighted by Gasteiger charge is -2.16. The van der Waals surface area contributed by atoms with E-state index in [4.69, 9.17) is 0 Å². The minimum absolute atomic E-state index is 0.220. The normalized spacial score (nSPS) is 15.4. The van der Waals surface area contributed by atoms with Crippen molar-refractivity contribution < 1.29 is 5.11 Å². The molecule has 1 rings (SSSR count). The molecule has 0 aromatic carbocycles. The van der Waals surface area contributed by atoms with Crippen LogP contribution in [-0.2, 0) is 0 Å². The maximum absolute atomic E-state index is 9.65. The highest BCUT2D eigenvalue weighted by atomic mass is 79.9. The van der Waals surface area contributed by atoms with E-state index in [0.717, 1.165) is 21.8 Å². The first-order valence-corrected chi connectivity index (χ1v) is 7.14. The van der Waals surface area contributed by atoms with E-state index in [9.17, 15) is 5.11 Å². The van der Waals surface area contributed by atoms with Crippen molar-refractivity contribution in [3.8, 4) is 0 Å². The van der Waals surface area contributed by atoms with E-state index in [1.54, 1.807) is 11.3 Å². The Morgan fingerprint density at radius 3 is 2.69 bits per heavy atom. The summed E-state index contributed by atoms with van der Waals surface area (Å²) in [5.74, 6) is 0.325. The average molecular weight is 307 g/mol. The second kappa shape index (κ2) is 6.69. The highest BCUT2D eigenvalue weighted by Gasteiger charge is 2.12. The Bertz CT molecular complexity index is 317. The standard InChI is InChI=1S/C11H19BrN2OS/c1-7(2)9(15)4-5-13-8(3)11-14-6-10(12)16-11/h6-9,13,15H,4-5H2,1-3H3. The largest absolute Gasteiger partial charge is 0.393 e. The van der Waals surface area contributed by atoms with Crippen LogP contribution in [0.4, 0.5) is 0 Å². The molecular formula is C11H19BrN2OS. The minimum Gasteiger partial charge on any atom is -0.393 e. The molecule has 1 aromatic rings. The van der Waals surface area contributed by atoms with E-state index >= 15 is 0 Å². The molecule has 0 aliphatic rings. The van der Waals surface area contributed by atoms with Crippen molar-refractivity contribution in [2.75, 3.05) is 6.54 Å². The van der Waals surface area contributed by atoms with Gasteiger partial charge in [0, 0.05) is 0 Å². The molecule has 0 saturated heterocycles. The SMILES string of the molecule is CC(NCCC(O)C(C)C)c1ncc(Br)s1. The summed E-state index contributed by atoms with van der Waals surface area (Å²) in [6.45, 7) is 6.98. The van der Waals surface area contributed by atoms with Crippen molar-refractivity contribution in [1.29, 1.82) is 0 Å². The van der Waals surface area contributed by atoms with Crippen LogP contribution in [0.1, 0.15) is 38.2 Å². The molecule has 3 nitrogen and oxygen atoms in total. The highest BCUT2D eigenvalue weighted by molar-refractivity contribution is 9.11. The molecule has 92 valence electrons. The second-order valence-electron chi connectivity index (χ2n) is 4.28. The first kappa shape index (κ1) is 14.1. The van der Waals surface area contributed by atoms with E-state index < -0.39 is 0 Å². The van der Waals surface area contributed by atoms with E-state index in [-0.39, 0.29) is 12.1 Å². The van der Waals surface area contributed by atoms with Crippen LogP contribution in [0, 0.1) is 5.92 Å². The maximum Gasteiger partial charge on any atom is 0.110 e. The Hall–Kier alpha value is 0.0300. The molecule has 16 heavy (non-hydrogen) atoms. The number of aliphatic hydroxyl groups is 1. The Morgan fingerprint density at radius 1 is 1.50 bits per heavy atom. The number of aromatic nitrogens is 1. The fraction of sp³-hybridized carbons (Fsp3) is 0.727. The van der Waals surface area contributed by atoms with Crippen LogP contribution in [0.5, 0.6) is 0 Å². The van der Waals surface area contributed by atoms with Gasteiger partial charge in [-0.2, -0.15) is 0 Å². The molecule has 0 fully saturated rings. The van der Waals surface area contributed by atoms with Crippen LogP contribution in [0.3, 0.4) is 0 Å². The zero-order valence-electron chi connectivity index (χ0n) is 9.90. The number of thiazole rings is 1. The number of aliphatic hydroxyl groups excluding tert-OH is 1. The fourth-order valence-corrected chi connectivity index (χ4v) is 2.61. The molecule has 0 bridgehead atoms. The van der Waals surface area contributed by atoms with Crippen molar-refractivity contribution in [2.24, 2.45) is 5.92 Å². The van der Waals surface area contributed by atoms with Gasteiger partial charge in [-0.1, -0.05) is 13.8 Å². The molecule has 0 aliphatic carbocycles. The molecule has 0 saturated carbocycles. The van der Waals surface area contributed by atoms with Gasteiger partial charge in [0.05, 0.1) is 22.1 Å². The summed E-state index contributed by atoms with van der Waals surface area (Å²) in [5, 5.41) is 14.1. The van der Waals surface area contributed by atoms with Crippen molar-refractivity contribution in [3.63, 3.8) is 0 Å². The first-order chi connectivity index (χ1) is 7.50. The van der Waals surface area contributed by atoms with E-state index in [0.29, 0.717) is 5.92 Å². The first-order valence-electron chi connectivity index (χ1n) is 5.53. The predicted molar refractivity (Wildman–Crippen MR) is 71.7 cm³/mol. The number of hydrogen-bond donors (Lipinski definition) is 2. The molecule has 0 radical (unpaired) electrons. The number of halogens is 1. The quantitative estimate of drug-likeness (QED) is 0.849. The minimum atomic E-state index is -0.220. The molecule has 5 heteroatoms. The lowest BCUT2D eigenvalue weighted by Crippen LogP contribution is -2.25. The van der Waals surface area contributed by atoms with Gasteiger partial charge in [0.1, 0.15) is 5.01 Å². The summed E-state index contributed by atoms with van der Waals surface area (Å²) in [4.78, 5) is 4.30. The predicted octanol–water partition coefficient (Wildman–Crippen LogP) is 2.96. The summed E-state index contributed by atoms with van der Waals surface area (Å²) >= 11 is 5.04. The third kappa shape index (κ3) is 4.49. The van der Waals surface area contributed by atoms with Gasteiger partial charge in [0.25, 0.3) is 0 Å². The Morgan fingerprint density at radius 2 is 2.19 bits per heavy atom. The van der Waals surface area contributed by atoms with Gasteiger partial charge in [0.2, 0.25) is 0 Å². The lowest BCUT2D eigenvalue weighted by atomic mass is 10.0. The number of rotatable bonds is 6. The maximum atomic E-state index is 9.65. The zero-order chi connectivity index (χ0) is 12.1. The topological polar surface area (TPSA) is 45.1 Å². The van der Waals surface area contributed by atoms with E-state index in [1.165, 1.54) is 0 Å². The van der Waals surface area contributed by atoms with Gasteiger partial charge in [0.15, 0.2) is 0 Å². The molecule has 2 unspecified atom stereocenters. The summed E-state index contributed by atoms with van der Waals surface area (Å²) < 4.78 is 1.05. The number of nitrogens with zero attached hydrogens (tertiary/aromatic N) is 1. The van der Waals surface area contributed by atoms with Crippen LogP contribution in [-0.4, -0.2) is 22.7 Å². The van der Waals surface area contributed by atoms with Crippen LogP contribution in [0.2, 0.25) is 0 Å². The summed E-state index contributed by atoms with van der Waals surface area (Å²) in [7, 11) is 0. The Balaban J connectivity index is 2.28. The average Bonchev–Trinajstić information content (AvgIpc) is 2.64. The summed E-state index contributed by atoms with van der Waals surface area (Å²) in [6, 6.07) is 0.246. The van der Waals surface area contributed by atoms with Crippen LogP contribution in [0.25, 0.3) is 0 Å². The zero-order valence-corrected chi connectivity index (χ0v) is 12.3. The molecule has 0 spiro atoms. The number of hydrogen-bond acceptors (Lipinski definition) is 4. The Kier molecular flexibility index (Phi) is 5.89. The van der Waals surface area contributed by atoms with Gasteiger partial charge in [-0.3, -0.25) is 0 Å². The molecule has 0 aliphatic heterocycles. The molecule has 0 amide bonds. The monoisotopic (exact) mass is 306 g/mol. The van der Waals surface area contributed by atoms with Crippen LogP contribution >= 0.6 is 27.3 Å². The third-order valence-corrected chi connectivity index (χ3v) is 4.18. The summed E-state index contributed by atoms with van der Waals surface area (Å²) in [5.41, 5.74) is 0. The van der Waals surface area contributed by atoms with Gasteiger partial charge >= 0.3 is 0 Å². The third-order valence-electron chi connectivity index (χ3n) is 2.53. The molecule has 2 atom stereocenters. The van der Waals surface area contributed by atoms with Crippen molar-refractivity contribution >= 4 is 27.3 Å². The highest BCUT2D eigenvalue weighted by Crippen LogP contribution is 2.24. The second-order valence-corrected chi connectivity index (χ2v) is 6.72. The molecule has 2 N–H and O–H groups in total. The van der Waals surface area contributed by atoms with Gasteiger partial charge in [-0.05, 0) is 41.7 Å². The molecule has 1 heterocycles. The number of nitrogens with one attached hydrogen (secondary N) is 1. The van der Waals surface area contributed by atoms with Crippen LogP contribution < -0.4 is 5.32 Å². The van der Waals surface area contributed by atoms with Gasteiger partial charge in [-0.15, -0.1) is 11.3 Å².